The first-order valence-corrected chi connectivity index (χ1v) is 5.78. The van der Waals surface area contributed by atoms with Gasteiger partial charge in [0.1, 0.15) is 12.8 Å². The predicted octanol–water partition coefficient (Wildman–Crippen LogP) is 1.48. The molecule has 0 amide bonds. The second-order valence-corrected chi connectivity index (χ2v) is 4.30. The van der Waals surface area contributed by atoms with Crippen LogP contribution in [0.2, 0.25) is 0 Å². The van der Waals surface area contributed by atoms with Crippen LogP contribution >= 0.6 is 22.9 Å². The van der Waals surface area contributed by atoms with E-state index in [2.05, 4.69) is 20.0 Å². The van der Waals surface area contributed by atoms with E-state index in [9.17, 15) is 4.79 Å². The van der Waals surface area contributed by atoms with Crippen LogP contribution in [0, 0.1) is 0 Å². The van der Waals surface area contributed by atoms with Gasteiger partial charge in [-0.3, -0.25) is 4.79 Å². The molecule has 0 saturated heterocycles. The fraction of sp³-hybridized carbons (Fsp3) is 0.333. The van der Waals surface area contributed by atoms with E-state index in [0.717, 1.165) is 0 Å². The van der Waals surface area contributed by atoms with E-state index in [4.69, 9.17) is 11.6 Å². The lowest BCUT2D eigenvalue weighted by molar-refractivity contribution is -0.106. The lowest BCUT2D eigenvalue weighted by atomic mass is 10.3. The summed E-state index contributed by atoms with van der Waals surface area (Å²) in [6, 6.07) is 0. The van der Waals surface area contributed by atoms with E-state index in [-0.39, 0.29) is 5.71 Å². The molecule has 1 heterocycles. The molecule has 92 valence electrons. The van der Waals surface area contributed by atoms with Gasteiger partial charge in [0, 0.05) is 19.5 Å². The first-order valence-electron chi connectivity index (χ1n) is 4.52. The molecule has 8 heteroatoms. The van der Waals surface area contributed by atoms with Crippen LogP contribution in [0.15, 0.2) is 15.5 Å². The third kappa shape index (κ3) is 4.12. The molecule has 0 aliphatic carbocycles. The number of carbonyl (C=O) groups is 1. The molecule has 1 aromatic rings. The van der Waals surface area contributed by atoms with E-state index < -0.39 is 5.24 Å². The molecule has 0 fully saturated rings. The Morgan fingerprint density at radius 1 is 1.65 bits per heavy atom. The van der Waals surface area contributed by atoms with Gasteiger partial charge in [0.25, 0.3) is 5.24 Å². The molecule has 1 aromatic heterocycles. The molecule has 0 radical (unpaired) electrons. The van der Waals surface area contributed by atoms with Crippen molar-refractivity contribution in [2.45, 2.75) is 0 Å². The molecular formula is C9H11ClN4O2S. The van der Waals surface area contributed by atoms with Gasteiger partial charge in [-0.1, -0.05) is 5.16 Å². The number of rotatable bonds is 5. The van der Waals surface area contributed by atoms with Crippen LogP contribution in [-0.2, 0) is 9.63 Å². The standard InChI is InChI=1S/C9H11ClN4O2S/c1-14(2)5-11-9-12-6(4-17-9)7(8(10)15)13-16-3/h4-5H,1-3H3. The molecular weight excluding hydrogens is 264 g/mol. The van der Waals surface area contributed by atoms with Gasteiger partial charge in [-0.15, -0.1) is 11.3 Å². The summed E-state index contributed by atoms with van der Waals surface area (Å²) in [4.78, 5) is 25.6. The Bertz CT molecular complexity index is 456. The van der Waals surface area contributed by atoms with E-state index >= 15 is 0 Å². The number of thiazole rings is 1. The summed E-state index contributed by atoms with van der Waals surface area (Å²) in [5, 5.41) is 4.95. The number of carbonyl (C=O) groups excluding carboxylic acids is 1. The Morgan fingerprint density at radius 3 is 2.88 bits per heavy atom. The van der Waals surface area contributed by atoms with E-state index in [0.29, 0.717) is 10.8 Å². The second-order valence-electron chi connectivity index (χ2n) is 3.12. The molecule has 0 unspecified atom stereocenters. The molecule has 0 aliphatic heterocycles. The second kappa shape index (κ2) is 6.31. The highest BCUT2D eigenvalue weighted by molar-refractivity contribution is 7.13. The van der Waals surface area contributed by atoms with Crippen molar-refractivity contribution in [2.24, 2.45) is 10.1 Å². The van der Waals surface area contributed by atoms with Gasteiger partial charge in [0.2, 0.25) is 5.13 Å². The Hall–Kier alpha value is -1.47. The van der Waals surface area contributed by atoms with Crippen molar-refractivity contribution in [1.82, 2.24) is 9.88 Å². The van der Waals surface area contributed by atoms with Crippen molar-refractivity contribution < 1.29 is 9.63 Å². The van der Waals surface area contributed by atoms with Crippen LogP contribution in [0.1, 0.15) is 5.69 Å². The molecule has 0 bridgehead atoms. The van der Waals surface area contributed by atoms with E-state index in [1.807, 2.05) is 14.1 Å². The van der Waals surface area contributed by atoms with Crippen molar-refractivity contribution in [3.05, 3.63) is 11.1 Å². The summed E-state index contributed by atoms with van der Waals surface area (Å²) < 4.78 is 0. The van der Waals surface area contributed by atoms with Crippen LogP contribution in [0.5, 0.6) is 0 Å². The minimum Gasteiger partial charge on any atom is -0.398 e. The minimum absolute atomic E-state index is 0.0308. The van der Waals surface area contributed by atoms with Gasteiger partial charge in [0.05, 0.1) is 6.34 Å². The highest BCUT2D eigenvalue weighted by Gasteiger charge is 2.16. The third-order valence-electron chi connectivity index (χ3n) is 1.50. The zero-order chi connectivity index (χ0) is 12.8. The molecule has 0 aliphatic rings. The lowest BCUT2D eigenvalue weighted by Crippen LogP contribution is -2.10. The van der Waals surface area contributed by atoms with Crippen molar-refractivity contribution in [3.63, 3.8) is 0 Å². The Labute approximate surface area is 108 Å². The highest BCUT2D eigenvalue weighted by atomic mass is 35.5. The van der Waals surface area contributed by atoms with Gasteiger partial charge in [0.15, 0.2) is 5.71 Å². The molecule has 0 aromatic carbocycles. The zero-order valence-electron chi connectivity index (χ0n) is 9.55. The number of oxime groups is 1. The molecule has 0 spiro atoms. The SMILES string of the molecule is CON=C(C(=O)Cl)c1csc(N=CN(C)C)n1. The van der Waals surface area contributed by atoms with Crippen molar-refractivity contribution >= 4 is 45.4 Å². The number of hydrogen-bond acceptors (Lipinski definition) is 6. The average molecular weight is 275 g/mol. The Morgan fingerprint density at radius 2 is 2.35 bits per heavy atom. The van der Waals surface area contributed by atoms with Crippen LogP contribution in [0.25, 0.3) is 0 Å². The largest absolute Gasteiger partial charge is 0.398 e. The summed E-state index contributed by atoms with van der Waals surface area (Å²) in [6.07, 6.45) is 1.61. The summed E-state index contributed by atoms with van der Waals surface area (Å²) >= 11 is 6.64. The molecule has 0 N–H and O–H groups in total. The topological polar surface area (TPSA) is 67.2 Å². The quantitative estimate of drug-likeness (QED) is 0.353. The number of nitrogens with zero attached hydrogens (tertiary/aromatic N) is 4. The van der Waals surface area contributed by atoms with Crippen LogP contribution in [0.4, 0.5) is 5.13 Å². The van der Waals surface area contributed by atoms with Crippen molar-refractivity contribution in [2.75, 3.05) is 21.2 Å². The smallest absolute Gasteiger partial charge is 0.276 e. The third-order valence-corrected chi connectivity index (χ3v) is 2.43. The maximum Gasteiger partial charge on any atom is 0.276 e. The molecule has 1 rings (SSSR count). The lowest BCUT2D eigenvalue weighted by Gasteiger charge is -1.99. The maximum atomic E-state index is 11.1. The number of halogens is 1. The zero-order valence-corrected chi connectivity index (χ0v) is 11.1. The van der Waals surface area contributed by atoms with Gasteiger partial charge in [-0.05, 0) is 11.6 Å². The molecule has 0 atom stereocenters. The van der Waals surface area contributed by atoms with E-state index in [1.165, 1.54) is 18.4 Å². The van der Waals surface area contributed by atoms with Crippen LogP contribution in [-0.4, -0.2) is 48.4 Å². The van der Waals surface area contributed by atoms with Crippen LogP contribution in [0.3, 0.4) is 0 Å². The molecule has 6 nitrogen and oxygen atoms in total. The fourth-order valence-electron chi connectivity index (χ4n) is 0.872. The highest BCUT2D eigenvalue weighted by Crippen LogP contribution is 2.19. The first-order chi connectivity index (χ1) is 8.04. The normalized spacial score (nSPS) is 11.9. The average Bonchev–Trinajstić information content (AvgIpc) is 2.71. The summed E-state index contributed by atoms with van der Waals surface area (Å²) in [7, 11) is 5.02. The van der Waals surface area contributed by atoms with Crippen molar-refractivity contribution in [3.8, 4) is 0 Å². The molecule has 0 saturated carbocycles. The van der Waals surface area contributed by atoms with Gasteiger partial charge < -0.3 is 9.74 Å². The number of aromatic nitrogens is 1. The number of hydrogen-bond donors (Lipinski definition) is 0. The van der Waals surface area contributed by atoms with Gasteiger partial charge >= 0.3 is 0 Å². The van der Waals surface area contributed by atoms with Gasteiger partial charge in [-0.2, -0.15) is 0 Å². The minimum atomic E-state index is -0.722. The maximum absolute atomic E-state index is 11.1. The Balaban J connectivity index is 2.93. The van der Waals surface area contributed by atoms with Gasteiger partial charge in [-0.25, -0.2) is 9.98 Å². The monoisotopic (exact) mass is 274 g/mol. The number of aliphatic imine (C=N–C) groups is 1. The van der Waals surface area contributed by atoms with Crippen LogP contribution < -0.4 is 0 Å². The first kappa shape index (κ1) is 13.6. The summed E-state index contributed by atoms with van der Waals surface area (Å²) in [5.74, 6) is 0. The van der Waals surface area contributed by atoms with Crippen molar-refractivity contribution in [1.29, 1.82) is 0 Å². The molecule has 17 heavy (non-hydrogen) atoms. The fourth-order valence-corrected chi connectivity index (χ4v) is 1.64. The Kier molecular flexibility index (Phi) is 5.05. The predicted molar refractivity (Wildman–Crippen MR) is 68.4 cm³/mol. The van der Waals surface area contributed by atoms with E-state index in [1.54, 1.807) is 16.6 Å². The summed E-state index contributed by atoms with van der Waals surface area (Å²) in [6.45, 7) is 0. The summed E-state index contributed by atoms with van der Waals surface area (Å²) in [5.41, 5.74) is 0.319.